The van der Waals surface area contributed by atoms with Crippen LogP contribution >= 0.6 is 0 Å². The van der Waals surface area contributed by atoms with Crippen LogP contribution in [0.2, 0.25) is 0 Å². The summed E-state index contributed by atoms with van der Waals surface area (Å²) in [6.45, 7) is 6.43. The van der Waals surface area contributed by atoms with E-state index >= 15 is 0 Å². The first-order chi connectivity index (χ1) is 8.44. The van der Waals surface area contributed by atoms with Crippen LogP contribution < -0.4 is 5.73 Å². The third kappa shape index (κ3) is 2.39. The summed E-state index contributed by atoms with van der Waals surface area (Å²) in [7, 11) is 0. The van der Waals surface area contributed by atoms with Crippen LogP contribution in [0.25, 0.3) is 0 Å². The van der Waals surface area contributed by atoms with Crippen LogP contribution in [0.15, 0.2) is 12.1 Å². The summed E-state index contributed by atoms with van der Waals surface area (Å²) in [6, 6.07) is 4.02. The maximum atomic E-state index is 10.2. The van der Waals surface area contributed by atoms with Gasteiger partial charge < -0.3 is 10.8 Å². The predicted octanol–water partition coefficient (Wildman–Crippen LogP) is 3.94. The van der Waals surface area contributed by atoms with Crippen LogP contribution in [0.5, 0.6) is 5.75 Å². The highest BCUT2D eigenvalue weighted by molar-refractivity contribution is 5.46. The summed E-state index contributed by atoms with van der Waals surface area (Å²) in [6.07, 6.45) is 5.58. The molecule has 0 aromatic heterocycles. The lowest BCUT2D eigenvalue weighted by molar-refractivity contribution is 0.292. The van der Waals surface area contributed by atoms with Crippen molar-refractivity contribution >= 4 is 0 Å². The van der Waals surface area contributed by atoms with Crippen molar-refractivity contribution in [1.82, 2.24) is 0 Å². The minimum absolute atomic E-state index is 0.320. The molecule has 2 rings (SSSR count). The first-order valence-electron chi connectivity index (χ1n) is 7.07. The van der Waals surface area contributed by atoms with E-state index in [1.165, 1.54) is 24.8 Å². The number of phenols is 1. The first-order valence-corrected chi connectivity index (χ1v) is 7.07. The van der Waals surface area contributed by atoms with Gasteiger partial charge in [0.2, 0.25) is 0 Å². The largest absolute Gasteiger partial charge is 0.508 e. The van der Waals surface area contributed by atoms with Crippen molar-refractivity contribution in [2.24, 2.45) is 5.73 Å². The fourth-order valence-electron chi connectivity index (χ4n) is 3.18. The smallest absolute Gasteiger partial charge is 0.120 e. The highest BCUT2D eigenvalue weighted by atomic mass is 16.3. The fourth-order valence-corrected chi connectivity index (χ4v) is 3.18. The van der Waals surface area contributed by atoms with E-state index in [-0.39, 0.29) is 5.54 Å². The second-order valence-corrected chi connectivity index (χ2v) is 6.10. The summed E-state index contributed by atoms with van der Waals surface area (Å²) in [5, 5.41) is 10.2. The molecular formula is C16H25NO. The molecule has 0 amide bonds. The third-order valence-corrected chi connectivity index (χ3v) is 4.29. The van der Waals surface area contributed by atoms with E-state index in [2.05, 4.69) is 26.8 Å². The summed E-state index contributed by atoms with van der Waals surface area (Å²) >= 11 is 0. The van der Waals surface area contributed by atoms with Gasteiger partial charge in [0.1, 0.15) is 5.75 Å². The van der Waals surface area contributed by atoms with E-state index < -0.39 is 0 Å². The average Bonchev–Trinajstić information content (AvgIpc) is 2.29. The quantitative estimate of drug-likeness (QED) is 0.831. The van der Waals surface area contributed by atoms with Crippen LogP contribution in [0.4, 0.5) is 0 Å². The highest BCUT2D eigenvalue weighted by Gasteiger charge is 2.32. The molecule has 0 atom stereocenters. The number of rotatable bonds is 2. The Hall–Kier alpha value is -1.02. The summed E-state index contributed by atoms with van der Waals surface area (Å²) in [5.41, 5.74) is 9.64. The molecule has 0 spiro atoms. The monoisotopic (exact) mass is 247 g/mol. The Bertz CT molecular complexity index is 431. The van der Waals surface area contributed by atoms with Crippen molar-refractivity contribution in [1.29, 1.82) is 0 Å². The summed E-state index contributed by atoms with van der Waals surface area (Å²) in [5.74, 6) is 0.845. The number of hydrogen-bond acceptors (Lipinski definition) is 2. The molecule has 2 heteroatoms. The van der Waals surface area contributed by atoms with E-state index in [0.717, 1.165) is 24.0 Å². The molecule has 0 heterocycles. The molecular weight excluding hydrogens is 222 g/mol. The second kappa shape index (κ2) is 4.93. The summed E-state index contributed by atoms with van der Waals surface area (Å²) in [4.78, 5) is 0. The van der Waals surface area contributed by atoms with Crippen molar-refractivity contribution in [3.8, 4) is 5.75 Å². The number of benzene rings is 1. The zero-order chi connectivity index (χ0) is 13.3. The Morgan fingerprint density at radius 3 is 2.33 bits per heavy atom. The molecule has 18 heavy (non-hydrogen) atoms. The lowest BCUT2D eigenvalue weighted by Crippen LogP contribution is -2.38. The van der Waals surface area contributed by atoms with Crippen molar-refractivity contribution in [3.63, 3.8) is 0 Å². The van der Waals surface area contributed by atoms with Gasteiger partial charge in [-0.3, -0.25) is 0 Å². The van der Waals surface area contributed by atoms with Crippen LogP contribution in [0, 0.1) is 6.92 Å². The zero-order valence-electron chi connectivity index (χ0n) is 11.8. The Labute approximate surface area is 110 Å². The number of phenolic OH excluding ortho intramolecular Hbond substituents is 1. The van der Waals surface area contributed by atoms with Gasteiger partial charge in [-0.2, -0.15) is 0 Å². The molecule has 1 aliphatic rings. The molecule has 3 N–H and O–H groups in total. The van der Waals surface area contributed by atoms with Crippen LogP contribution in [0.3, 0.4) is 0 Å². The van der Waals surface area contributed by atoms with E-state index in [1.807, 2.05) is 6.07 Å². The van der Waals surface area contributed by atoms with E-state index in [4.69, 9.17) is 5.73 Å². The third-order valence-electron chi connectivity index (χ3n) is 4.29. The van der Waals surface area contributed by atoms with Crippen LogP contribution in [-0.2, 0) is 5.54 Å². The van der Waals surface area contributed by atoms with E-state index in [1.54, 1.807) is 0 Å². The minimum Gasteiger partial charge on any atom is -0.508 e. The van der Waals surface area contributed by atoms with E-state index in [0.29, 0.717) is 11.7 Å². The normalized spacial score (nSPS) is 19.2. The van der Waals surface area contributed by atoms with Crippen LogP contribution in [-0.4, -0.2) is 5.11 Å². The molecule has 1 aromatic carbocycles. The standard InChI is InChI=1S/C16H25NO/c1-11(2)13-10-14(15(18)9-12(13)3)16(17)7-5-4-6-8-16/h9-11,18H,4-8,17H2,1-3H3. The van der Waals surface area contributed by atoms with Gasteiger partial charge in [0.25, 0.3) is 0 Å². The molecule has 0 radical (unpaired) electrons. The van der Waals surface area contributed by atoms with Gasteiger partial charge in [-0.05, 0) is 48.9 Å². The molecule has 0 unspecified atom stereocenters. The van der Waals surface area contributed by atoms with Crippen molar-refractivity contribution in [2.75, 3.05) is 0 Å². The minimum atomic E-state index is -0.320. The Kier molecular flexibility index (Phi) is 3.67. The number of aromatic hydroxyl groups is 1. The van der Waals surface area contributed by atoms with Gasteiger partial charge in [-0.1, -0.05) is 33.1 Å². The molecule has 0 bridgehead atoms. The lowest BCUT2D eigenvalue weighted by Gasteiger charge is -2.35. The molecule has 1 saturated carbocycles. The van der Waals surface area contributed by atoms with E-state index in [9.17, 15) is 5.11 Å². The molecule has 1 fully saturated rings. The van der Waals surface area contributed by atoms with Gasteiger partial charge >= 0.3 is 0 Å². The fraction of sp³-hybridized carbons (Fsp3) is 0.625. The Balaban J connectivity index is 2.46. The lowest BCUT2D eigenvalue weighted by atomic mass is 9.76. The topological polar surface area (TPSA) is 46.2 Å². The highest BCUT2D eigenvalue weighted by Crippen LogP contribution is 2.40. The average molecular weight is 247 g/mol. The summed E-state index contributed by atoms with van der Waals surface area (Å²) < 4.78 is 0. The van der Waals surface area contributed by atoms with Crippen molar-refractivity contribution in [2.45, 2.75) is 64.3 Å². The molecule has 1 aliphatic carbocycles. The Morgan fingerprint density at radius 1 is 1.17 bits per heavy atom. The van der Waals surface area contributed by atoms with Crippen molar-refractivity contribution in [3.05, 3.63) is 28.8 Å². The van der Waals surface area contributed by atoms with Gasteiger partial charge in [-0.25, -0.2) is 0 Å². The van der Waals surface area contributed by atoms with Gasteiger partial charge in [0.05, 0.1) is 0 Å². The maximum Gasteiger partial charge on any atom is 0.120 e. The number of hydrogen-bond donors (Lipinski definition) is 2. The first kappa shape index (κ1) is 13.4. The zero-order valence-corrected chi connectivity index (χ0v) is 11.8. The molecule has 2 nitrogen and oxygen atoms in total. The molecule has 0 saturated heterocycles. The number of aryl methyl sites for hydroxylation is 1. The van der Waals surface area contributed by atoms with Gasteiger partial charge in [-0.15, -0.1) is 0 Å². The Morgan fingerprint density at radius 2 is 1.78 bits per heavy atom. The molecule has 0 aliphatic heterocycles. The second-order valence-electron chi connectivity index (χ2n) is 6.10. The maximum absolute atomic E-state index is 10.2. The van der Waals surface area contributed by atoms with Gasteiger partial charge in [0, 0.05) is 11.1 Å². The number of nitrogens with two attached hydrogens (primary N) is 1. The van der Waals surface area contributed by atoms with Crippen LogP contribution in [0.1, 0.15) is 68.6 Å². The SMILES string of the molecule is Cc1cc(O)c(C2(N)CCCCC2)cc1C(C)C. The van der Waals surface area contributed by atoms with Gasteiger partial charge in [0.15, 0.2) is 0 Å². The molecule has 1 aromatic rings. The van der Waals surface area contributed by atoms with Crippen molar-refractivity contribution < 1.29 is 5.11 Å². The predicted molar refractivity (Wildman–Crippen MR) is 75.9 cm³/mol. The molecule has 100 valence electrons.